The summed E-state index contributed by atoms with van der Waals surface area (Å²) in [6.07, 6.45) is 2.60. The van der Waals surface area contributed by atoms with E-state index in [9.17, 15) is 9.18 Å². The number of amidine groups is 1. The molecular formula is C20H17FN8O2. The fourth-order valence-electron chi connectivity index (χ4n) is 3.34. The highest BCUT2D eigenvalue weighted by molar-refractivity contribution is 6.02. The molecule has 2 aromatic heterocycles. The number of nitrogens with two attached hydrogens (primary N) is 1. The first-order valence-corrected chi connectivity index (χ1v) is 9.14. The van der Waals surface area contributed by atoms with Gasteiger partial charge < -0.3 is 15.8 Å². The van der Waals surface area contributed by atoms with Crippen LogP contribution in [0.5, 0.6) is 5.88 Å². The van der Waals surface area contributed by atoms with E-state index in [0.29, 0.717) is 11.4 Å². The lowest BCUT2D eigenvalue weighted by atomic mass is 9.90. The van der Waals surface area contributed by atoms with Crippen LogP contribution in [0.2, 0.25) is 0 Å². The summed E-state index contributed by atoms with van der Waals surface area (Å²) < 4.78 is 21.2. The molecule has 1 amide bonds. The Morgan fingerprint density at radius 1 is 1.35 bits per heavy atom. The van der Waals surface area contributed by atoms with E-state index in [4.69, 9.17) is 15.7 Å². The van der Waals surface area contributed by atoms with Crippen LogP contribution in [0.4, 0.5) is 10.1 Å². The average molecular weight is 420 g/mol. The number of nitrogens with one attached hydrogen (secondary N) is 1. The van der Waals surface area contributed by atoms with Crippen molar-refractivity contribution in [3.63, 3.8) is 0 Å². The normalized spacial score (nSPS) is 17.3. The second kappa shape index (κ2) is 7.49. The van der Waals surface area contributed by atoms with Gasteiger partial charge in [-0.15, -0.1) is 0 Å². The Hall–Kier alpha value is -4.33. The molecule has 0 unspecified atom stereocenters. The number of benzene rings is 1. The molecule has 3 N–H and O–H groups in total. The number of hydrogen-bond donors (Lipinski definition) is 2. The molecule has 156 valence electrons. The fraction of sp³-hybridized carbons (Fsp3) is 0.200. The molecule has 0 saturated carbocycles. The Bertz CT molecular complexity index is 1250. The zero-order valence-corrected chi connectivity index (χ0v) is 16.6. The monoisotopic (exact) mass is 420 g/mol. The molecule has 0 bridgehead atoms. The molecule has 0 radical (unpaired) electrons. The number of hydrogen-bond acceptors (Lipinski definition) is 8. The van der Waals surface area contributed by atoms with Crippen molar-refractivity contribution in [2.24, 2.45) is 10.7 Å². The lowest BCUT2D eigenvalue weighted by Crippen LogP contribution is -2.37. The van der Waals surface area contributed by atoms with Gasteiger partial charge in [0.05, 0.1) is 26.0 Å². The fourth-order valence-corrected chi connectivity index (χ4v) is 3.34. The van der Waals surface area contributed by atoms with Crippen LogP contribution in [-0.2, 0) is 12.1 Å². The van der Waals surface area contributed by atoms with Crippen LogP contribution in [0.25, 0.3) is 0 Å². The highest BCUT2D eigenvalue weighted by Gasteiger charge is 2.35. The van der Waals surface area contributed by atoms with Crippen LogP contribution in [0.3, 0.4) is 0 Å². The number of carbonyl (C=O) groups is 1. The summed E-state index contributed by atoms with van der Waals surface area (Å²) in [5, 5.41) is 15.9. The molecule has 31 heavy (non-hydrogen) atoms. The Balaban J connectivity index is 1.64. The molecule has 1 aliphatic heterocycles. The molecule has 0 saturated heterocycles. The van der Waals surface area contributed by atoms with Crippen LogP contribution < -0.4 is 15.8 Å². The molecule has 3 heterocycles. The summed E-state index contributed by atoms with van der Waals surface area (Å²) in [4.78, 5) is 24.9. The van der Waals surface area contributed by atoms with Gasteiger partial charge in [-0.25, -0.2) is 14.4 Å². The SMILES string of the molecule is COc1cnc(C(=O)Nc2ccc(F)c([C@]3(C)Cn4nc(C#N)cc4C(N)=N3)c2)cn1. The van der Waals surface area contributed by atoms with Gasteiger partial charge in [-0.2, -0.15) is 10.4 Å². The van der Waals surface area contributed by atoms with E-state index >= 15 is 0 Å². The third kappa shape index (κ3) is 3.66. The first kappa shape index (κ1) is 20.0. The Morgan fingerprint density at radius 2 is 2.16 bits per heavy atom. The van der Waals surface area contributed by atoms with Gasteiger partial charge in [-0.1, -0.05) is 0 Å². The number of aromatic nitrogens is 4. The number of nitrogens with zero attached hydrogens (tertiary/aromatic N) is 6. The second-order valence-corrected chi connectivity index (χ2v) is 7.05. The summed E-state index contributed by atoms with van der Waals surface area (Å²) in [6, 6.07) is 7.64. The number of nitriles is 1. The summed E-state index contributed by atoms with van der Waals surface area (Å²) in [5.74, 6) is -0.612. The summed E-state index contributed by atoms with van der Waals surface area (Å²) in [5.41, 5.74) is 6.29. The summed E-state index contributed by atoms with van der Waals surface area (Å²) in [6.45, 7) is 1.87. The number of ether oxygens (including phenoxy) is 1. The maximum Gasteiger partial charge on any atom is 0.275 e. The van der Waals surface area contributed by atoms with Crippen LogP contribution in [0, 0.1) is 17.1 Å². The maximum atomic E-state index is 14.8. The van der Waals surface area contributed by atoms with Crippen molar-refractivity contribution in [2.45, 2.75) is 19.0 Å². The van der Waals surface area contributed by atoms with Crippen molar-refractivity contribution in [1.82, 2.24) is 19.7 Å². The van der Waals surface area contributed by atoms with E-state index in [1.54, 1.807) is 6.92 Å². The van der Waals surface area contributed by atoms with Gasteiger partial charge in [0.25, 0.3) is 5.91 Å². The molecule has 0 aliphatic carbocycles. The Labute approximate surface area is 176 Å². The summed E-state index contributed by atoms with van der Waals surface area (Å²) in [7, 11) is 1.44. The number of anilines is 1. The van der Waals surface area contributed by atoms with E-state index < -0.39 is 17.3 Å². The third-order valence-electron chi connectivity index (χ3n) is 4.86. The van der Waals surface area contributed by atoms with E-state index in [-0.39, 0.29) is 35.2 Å². The lowest BCUT2D eigenvalue weighted by Gasteiger charge is -2.31. The van der Waals surface area contributed by atoms with E-state index in [1.807, 2.05) is 6.07 Å². The molecule has 1 aliphatic rings. The highest BCUT2D eigenvalue weighted by Crippen LogP contribution is 2.34. The molecule has 0 spiro atoms. The minimum Gasteiger partial charge on any atom is -0.480 e. The average Bonchev–Trinajstić information content (AvgIpc) is 3.18. The van der Waals surface area contributed by atoms with Gasteiger partial charge >= 0.3 is 0 Å². The van der Waals surface area contributed by atoms with Crippen molar-refractivity contribution in [3.8, 4) is 11.9 Å². The number of carbonyl (C=O) groups excluding carboxylic acids is 1. The van der Waals surface area contributed by atoms with Crippen LogP contribution in [0.1, 0.15) is 34.4 Å². The zero-order chi connectivity index (χ0) is 22.2. The number of methoxy groups -OCH3 is 1. The first-order chi connectivity index (χ1) is 14.8. The van der Waals surface area contributed by atoms with Gasteiger partial charge in [0.1, 0.15) is 34.6 Å². The Morgan fingerprint density at radius 3 is 2.84 bits per heavy atom. The number of amides is 1. The van der Waals surface area contributed by atoms with E-state index in [0.717, 1.165) is 0 Å². The largest absolute Gasteiger partial charge is 0.480 e. The molecule has 1 aromatic carbocycles. The lowest BCUT2D eigenvalue weighted by molar-refractivity contribution is 0.102. The maximum absolute atomic E-state index is 14.8. The molecule has 3 aromatic rings. The smallest absolute Gasteiger partial charge is 0.275 e. The molecule has 0 fully saturated rings. The zero-order valence-electron chi connectivity index (χ0n) is 16.6. The molecule has 10 nitrogen and oxygen atoms in total. The van der Waals surface area contributed by atoms with Crippen LogP contribution in [0.15, 0.2) is 41.7 Å². The number of aliphatic imine (C=N–C) groups is 1. The predicted molar refractivity (Wildman–Crippen MR) is 108 cm³/mol. The number of fused-ring (bicyclic) bond motifs is 1. The molecular weight excluding hydrogens is 403 g/mol. The minimum absolute atomic E-state index is 0.0723. The van der Waals surface area contributed by atoms with Crippen molar-refractivity contribution in [3.05, 3.63) is 65.1 Å². The number of halogens is 1. The number of rotatable bonds is 4. The van der Waals surface area contributed by atoms with Crippen molar-refractivity contribution in [2.75, 3.05) is 12.4 Å². The van der Waals surface area contributed by atoms with Gasteiger partial charge in [0.2, 0.25) is 5.88 Å². The van der Waals surface area contributed by atoms with E-state index in [2.05, 4.69) is 25.4 Å². The minimum atomic E-state index is -1.10. The van der Waals surface area contributed by atoms with Gasteiger partial charge in [-0.05, 0) is 25.1 Å². The standard InChI is InChI=1S/C20H17FN8O2/c1-20(10-29-16(18(23)27-20)6-12(7-22)28-29)13-5-11(3-4-14(13)21)26-19(30)15-8-25-17(31-2)9-24-15/h3-6,8-9H,10H2,1-2H3,(H2,23,27)(H,26,30)/t20-/m0/s1. The molecule has 4 rings (SSSR count). The highest BCUT2D eigenvalue weighted by atomic mass is 19.1. The van der Waals surface area contributed by atoms with Crippen molar-refractivity contribution < 1.29 is 13.9 Å². The summed E-state index contributed by atoms with van der Waals surface area (Å²) >= 11 is 0. The van der Waals surface area contributed by atoms with Gasteiger partial charge in [-0.3, -0.25) is 14.5 Å². The topological polar surface area (TPSA) is 144 Å². The van der Waals surface area contributed by atoms with E-state index in [1.165, 1.54) is 48.5 Å². The second-order valence-electron chi connectivity index (χ2n) is 7.05. The quantitative estimate of drug-likeness (QED) is 0.652. The Kier molecular flexibility index (Phi) is 4.82. The van der Waals surface area contributed by atoms with Crippen LogP contribution in [-0.4, -0.2) is 38.6 Å². The molecule has 1 atom stereocenters. The molecule has 11 heteroatoms. The predicted octanol–water partition coefficient (Wildman–Crippen LogP) is 1.58. The first-order valence-electron chi connectivity index (χ1n) is 9.14. The van der Waals surface area contributed by atoms with Crippen molar-refractivity contribution in [1.29, 1.82) is 5.26 Å². The third-order valence-corrected chi connectivity index (χ3v) is 4.86. The van der Waals surface area contributed by atoms with Crippen molar-refractivity contribution >= 4 is 17.4 Å². The van der Waals surface area contributed by atoms with Crippen LogP contribution >= 0.6 is 0 Å². The van der Waals surface area contributed by atoms with Gasteiger partial charge in [0, 0.05) is 17.3 Å². The van der Waals surface area contributed by atoms with Gasteiger partial charge in [0.15, 0.2) is 5.69 Å².